The molecule has 1 saturated carbocycles. The Bertz CT molecular complexity index is 260. The lowest BCUT2D eigenvalue weighted by atomic mass is 9.50. The maximum absolute atomic E-state index is 10.7. The number of hydrogen-bond acceptors (Lipinski definition) is 1. The highest BCUT2D eigenvalue weighted by Crippen LogP contribution is 2.59. The number of carbonyl (C=O) groups excluding carboxylic acids is 1. The summed E-state index contributed by atoms with van der Waals surface area (Å²) in [6.07, 6.45) is 3.46. The molecular weight excluding hydrogens is 148 g/mol. The van der Waals surface area contributed by atoms with E-state index in [1.165, 1.54) is 12.0 Å². The summed E-state index contributed by atoms with van der Waals surface area (Å²) in [6.45, 7) is 6.74. The van der Waals surface area contributed by atoms with Gasteiger partial charge in [-0.1, -0.05) is 25.0 Å². The lowest BCUT2D eigenvalue weighted by molar-refractivity contribution is -0.111. The number of carbonyl (C=O) groups is 1. The van der Waals surface area contributed by atoms with Gasteiger partial charge < -0.3 is 4.79 Å². The van der Waals surface area contributed by atoms with E-state index in [-0.39, 0.29) is 5.92 Å². The van der Waals surface area contributed by atoms with E-state index < -0.39 is 0 Å². The monoisotopic (exact) mass is 164 g/mol. The van der Waals surface area contributed by atoms with Crippen molar-refractivity contribution in [1.82, 2.24) is 0 Å². The highest BCUT2D eigenvalue weighted by molar-refractivity contribution is 5.61. The van der Waals surface area contributed by atoms with E-state index in [1.54, 1.807) is 5.57 Å². The average Bonchev–Trinajstić information content (AvgIpc) is 2.03. The van der Waals surface area contributed by atoms with Crippen LogP contribution >= 0.6 is 0 Å². The molecule has 0 saturated heterocycles. The van der Waals surface area contributed by atoms with Crippen LogP contribution in [0.25, 0.3) is 0 Å². The van der Waals surface area contributed by atoms with Crippen LogP contribution in [0.1, 0.15) is 33.6 Å². The molecule has 0 aromatic heterocycles. The van der Waals surface area contributed by atoms with Crippen LogP contribution in [-0.4, -0.2) is 6.29 Å². The summed E-state index contributed by atoms with van der Waals surface area (Å²) in [5, 5.41) is 0. The van der Waals surface area contributed by atoms with Gasteiger partial charge in [-0.3, -0.25) is 0 Å². The van der Waals surface area contributed by atoms with Gasteiger partial charge in [0.05, 0.1) is 0 Å². The van der Waals surface area contributed by atoms with E-state index in [0.29, 0.717) is 5.41 Å². The zero-order valence-corrected chi connectivity index (χ0v) is 8.05. The second-order valence-corrected chi connectivity index (χ2v) is 4.76. The summed E-state index contributed by atoms with van der Waals surface area (Å²) in [4.78, 5) is 10.7. The Balaban J connectivity index is 2.38. The molecule has 1 nitrogen and oxygen atoms in total. The first-order chi connectivity index (χ1) is 5.57. The standard InChI is InChI=1S/C11H16O/c1-7-8(6-12)4-9-5-10(7)11(9,2)3/h6,8-9H,4-5H2,1-3H3. The van der Waals surface area contributed by atoms with Gasteiger partial charge in [0.15, 0.2) is 0 Å². The Labute approximate surface area is 73.8 Å². The normalized spacial score (nSPS) is 37.6. The van der Waals surface area contributed by atoms with Crippen molar-refractivity contribution >= 4 is 6.29 Å². The van der Waals surface area contributed by atoms with Crippen LogP contribution in [0.3, 0.4) is 0 Å². The van der Waals surface area contributed by atoms with E-state index in [4.69, 9.17) is 0 Å². The molecule has 3 aliphatic carbocycles. The van der Waals surface area contributed by atoms with Gasteiger partial charge >= 0.3 is 0 Å². The van der Waals surface area contributed by atoms with Gasteiger partial charge in [0.25, 0.3) is 0 Å². The van der Waals surface area contributed by atoms with Gasteiger partial charge in [-0.15, -0.1) is 0 Å². The Hall–Kier alpha value is -0.590. The minimum atomic E-state index is 0.242. The topological polar surface area (TPSA) is 17.1 Å². The fourth-order valence-corrected chi connectivity index (χ4v) is 2.79. The number of hydrogen-bond donors (Lipinski definition) is 0. The first kappa shape index (κ1) is 8.03. The first-order valence-electron chi connectivity index (χ1n) is 4.72. The summed E-state index contributed by atoms with van der Waals surface area (Å²) in [5.74, 6) is 1.01. The van der Waals surface area contributed by atoms with Crippen LogP contribution < -0.4 is 0 Å². The van der Waals surface area contributed by atoms with Crippen molar-refractivity contribution in [2.75, 3.05) is 0 Å². The number of allylic oxidation sites excluding steroid dienone is 2. The third-order valence-electron chi connectivity index (χ3n) is 3.98. The van der Waals surface area contributed by atoms with Crippen LogP contribution in [0, 0.1) is 17.3 Å². The molecule has 1 fully saturated rings. The van der Waals surface area contributed by atoms with Crippen LogP contribution in [-0.2, 0) is 4.79 Å². The van der Waals surface area contributed by atoms with Gasteiger partial charge in [0.1, 0.15) is 6.29 Å². The maximum Gasteiger partial charge on any atom is 0.127 e. The molecule has 66 valence electrons. The molecule has 0 amide bonds. The summed E-state index contributed by atoms with van der Waals surface area (Å²) in [5.41, 5.74) is 3.32. The summed E-state index contributed by atoms with van der Waals surface area (Å²) in [6, 6.07) is 0. The summed E-state index contributed by atoms with van der Waals surface area (Å²) in [7, 11) is 0. The third-order valence-corrected chi connectivity index (χ3v) is 3.98. The van der Waals surface area contributed by atoms with Gasteiger partial charge in [-0.2, -0.15) is 0 Å². The van der Waals surface area contributed by atoms with Gasteiger partial charge in [0, 0.05) is 5.92 Å². The number of aldehydes is 1. The van der Waals surface area contributed by atoms with E-state index >= 15 is 0 Å². The first-order valence-corrected chi connectivity index (χ1v) is 4.72. The van der Waals surface area contributed by atoms with Crippen LogP contribution in [0.15, 0.2) is 11.1 Å². The Morgan fingerprint density at radius 3 is 2.58 bits per heavy atom. The molecule has 3 rings (SSSR count). The highest BCUT2D eigenvalue weighted by Gasteiger charge is 2.49. The minimum absolute atomic E-state index is 0.242. The van der Waals surface area contributed by atoms with Crippen LogP contribution in [0.4, 0.5) is 0 Å². The number of rotatable bonds is 1. The van der Waals surface area contributed by atoms with Crippen LogP contribution in [0.2, 0.25) is 0 Å². The van der Waals surface area contributed by atoms with Crippen molar-refractivity contribution in [2.45, 2.75) is 33.6 Å². The lowest BCUT2D eigenvalue weighted by Gasteiger charge is -2.54. The van der Waals surface area contributed by atoms with Crippen molar-refractivity contribution in [3.63, 3.8) is 0 Å². The lowest BCUT2D eigenvalue weighted by Crippen LogP contribution is -2.44. The Morgan fingerprint density at radius 2 is 2.17 bits per heavy atom. The van der Waals surface area contributed by atoms with E-state index in [9.17, 15) is 4.79 Å². The molecule has 0 aromatic rings. The van der Waals surface area contributed by atoms with Crippen molar-refractivity contribution in [2.24, 2.45) is 17.3 Å². The van der Waals surface area contributed by atoms with Gasteiger partial charge in [-0.25, -0.2) is 0 Å². The van der Waals surface area contributed by atoms with E-state index in [2.05, 4.69) is 20.8 Å². The molecule has 2 bridgehead atoms. The molecule has 0 spiro atoms. The summed E-state index contributed by atoms with van der Waals surface area (Å²) < 4.78 is 0. The van der Waals surface area contributed by atoms with Gasteiger partial charge in [0.2, 0.25) is 0 Å². The quantitative estimate of drug-likeness (QED) is 0.430. The average molecular weight is 164 g/mol. The van der Waals surface area contributed by atoms with E-state index in [1.807, 2.05) is 0 Å². The fourth-order valence-electron chi connectivity index (χ4n) is 2.79. The highest BCUT2D eigenvalue weighted by atomic mass is 16.1. The second-order valence-electron chi connectivity index (χ2n) is 4.76. The molecule has 12 heavy (non-hydrogen) atoms. The molecule has 0 heterocycles. The molecule has 1 heteroatoms. The Morgan fingerprint density at radius 1 is 1.50 bits per heavy atom. The SMILES string of the molecule is CC1=C2CC(CC1C=O)C2(C)C. The van der Waals surface area contributed by atoms with Gasteiger partial charge in [-0.05, 0) is 31.1 Å². The molecular formula is C11H16O. The summed E-state index contributed by atoms with van der Waals surface area (Å²) >= 11 is 0. The molecule has 0 aromatic carbocycles. The third kappa shape index (κ3) is 0.769. The van der Waals surface area contributed by atoms with Crippen LogP contribution in [0.5, 0.6) is 0 Å². The number of fused-ring (bicyclic) bond motifs is 2. The fraction of sp³-hybridized carbons (Fsp3) is 0.727. The molecule has 2 unspecified atom stereocenters. The predicted molar refractivity (Wildman–Crippen MR) is 48.8 cm³/mol. The van der Waals surface area contributed by atoms with Crippen molar-refractivity contribution in [3.05, 3.63) is 11.1 Å². The Kier molecular flexibility index (Phi) is 1.48. The molecule has 0 N–H and O–H groups in total. The van der Waals surface area contributed by atoms with Crippen molar-refractivity contribution < 1.29 is 4.79 Å². The zero-order valence-electron chi connectivity index (χ0n) is 8.05. The maximum atomic E-state index is 10.7. The van der Waals surface area contributed by atoms with Crippen molar-refractivity contribution in [1.29, 1.82) is 0 Å². The van der Waals surface area contributed by atoms with Crippen molar-refractivity contribution in [3.8, 4) is 0 Å². The predicted octanol–water partition coefficient (Wildman–Crippen LogP) is 2.57. The molecule has 0 radical (unpaired) electrons. The smallest absolute Gasteiger partial charge is 0.127 e. The van der Waals surface area contributed by atoms with E-state index in [0.717, 1.165) is 18.6 Å². The second kappa shape index (κ2) is 2.21. The minimum Gasteiger partial charge on any atom is -0.303 e. The largest absolute Gasteiger partial charge is 0.303 e. The molecule has 0 aliphatic heterocycles. The zero-order chi connectivity index (χ0) is 8.93. The molecule has 2 atom stereocenters. The molecule has 3 aliphatic rings.